The van der Waals surface area contributed by atoms with Crippen molar-refractivity contribution >= 4 is 11.9 Å². The Morgan fingerprint density at radius 1 is 1.40 bits per heavy atom. The van der Waals surface area contributed by atoms with Crippen molar-refractivity contribution in [2.24, 2.45) is 5.92 Å². The van der Waals surface area contributed by atoms with Gasteiger partial charge in [-0.3, -0.25) is 9.59 Å². The second kappa shape index (κ2) is 5.94. The van der Waals surface area contributed by atoms with Crippen molar-refractivity contribution < 1.29 is 19.4 Å². The smallest absolute Gasteiger partial charge is 0.308 e. The number of rotatable bonds is 4. The molecule has 0 radical (unpaired) electrons. The number of carboxylic acid groups (broad SMARTS) is 1. The van der Waals surface area contributed by atoms with Gasteiger partial charge in [0.1, 0.15) is 5.75 Å². The summed E-state index contributed by atoms with van der Waals surface area (Å²) in [7, 11) is 1.58. The van der Waals surface area contributed by atoms with E-state index < -0.39 is 17.9 Å². The van der Waals surface area contributed by atoms with Crippen molar-refractivity contribution in [3.05, 3.63) is 29.8 Å². The van der Waals surface area contributed by atoms with Gasteiger partial charge in [0, 0.05) is 13.0 Å². The second-order valence-corrected chi connectivity index (χ2v) is 4.88. The molecule has 1 N–H and O–H groups in total. The van der Waals surface area contributed by atoms with Crippen LogP contribution in [0.4, 0.5) is 0 Å². The molecule has 1 aliphatic rings. The number of carbonyl (C=O) groups is 2. The van der Waals surface area contributed by atoms with Gasteiger partial charge in [0.2, 0.25) is 5.91 Å². The number of nitrogens with zero attached hydrogens (tertiary/aromatic N) is 1. The van der Waals surface area contributed by atoms with E-state index in [0.29, 0.717) is 25.1 Å². The Hall–Kier alpha value is -2.04. The van der Waals surface area contributed by atoms with Gasteiger partial charge in [0.25, 0.3) is 0 Å². The summed E-state index contributed by atoms with van der Waals surface area (Å²) in [5, 5.41) is 9.41. The lowest BCUT2D eigenvalue weighted by Crippen LogP contribution is -2.45. The van der Waals surface area contributed by atoms with Crippen LogP contribution in [-0.4, -0.2) is 35.5 Å². The normalized spacial score (nSPS) is 22.7. The summed E-state index contributed by atoms with van der Waals surface area (Å²) in [6, 6.07) is 6.86. The van der Waals surface area contributed by atoms with E-state index in [1.807, 2.05) is 19.1 Å². The van der Waals surface area contributed by atoms with Crippen molar-refractivity contribution in [3.63, 3.8) is 0 Å². The molecule has 1 aromatic rings. The van der Waals surface area contributed by atoms with Crippen molar-refractivity contribution in [1.82, 2.24) is 4.90 Å². The van der Waals surface area contributed by atoms with Crippen LogP contribution in [0.1, 0.15) is 31.4 Å². The first-order valence-electron chi connectivity index (χ1n) is 6.74. The number of aliphatic carboxylic acids is 1. The molecular weight excluding hydrogens is 258 g/mol. The summed E-state index contributed by atoms with van der Waals surface area (Å²) in [5.41, 5.74) is 0.841. The number of ether oxygens (including phenoxy) is 1. The number of benzene rings is 1. The maximum atomic E-state index is 12.0. The zero-order valence-corrected chi connectivity index (χ0v) is 11.7. The molecule has 0 unspecified atom stereocenters. The maximum absolute atomic E-state index is 12.0. The van der Waals surface area contributed by atoms with Crippen LogP contribution in [0, 0.1) is 5.92 Å². The molecule has 1 saturated heterocycles. The summed E-state index contributed by atoms with van der Waals surface area (Å²) in [6.07, 6.45) is 0.693. The highest BCUT2D eigenvalue weighted by Crippen LogP contribution is 2.37. The molecule has 1 fully saturated rings. The van der Waals surface area contributed by atoms with Crippen LogP contribution >= 0.6 is 0 Å². The van der Waals surface area contributed by atoms with E-state index in [1.54, 1.807) is 24.1 Å². The van der Waals surface area contributed by atoms with Gasteiger partial charge in [-0.2, -0.15) is 0 Å². The molecule has 2 rings (SSSR count). The number of amides is 1. The van der Waals surface area contributed by atoms with Gasteiger partial charge in [0.15, 0.2) is 0 Å². The van der Waals surface area contributed by atoms with E-state index in [-0.39, 0.29) is 5.91 Å². The number of hydrogen-bond acceptors (Lipinski definition) is 3. The number of likely N-dealkylation sites (tertiary alicyclic amines) is 1. The first-order chi connectivity index (χ1) is 9.58. The van der Waals surface area contributed by atoms with Gasteiger partial charge in [-0.25, -0.2) is 0 Å². The van der Waals surface area contributed by atoms with Gasteiger partial charge in [0.05, 0.1) is 19.1 Å². The molecule has 0 aromatic heterocycles. The fraction of sp³-hybridized carbons (Fsp3) is 0.467. The average molecular weight is 277 g/mol. The molecule has 5 heteroatoms. The molecule has 2 atom stereocenters. The highest BCUT2D eigenvalue weighted by atomic mass is 16.5. The Kier molecular flexibility index (Phi) is 4.27. The van der Waals surface area contributed by atoms with Crippen LogP contribution in [0.15, 0.2) is 24.3 Å². The number of hydrogen-bond donors (Lipinski definition) is 1. The van der Waals surface area contributed by atoms with E-state index in [4.69, 9.17) is 4.74 Å². The van der Waals surface area contributed by atoms with E-state index in [0.717, 1.165) is 5.56 Å². The number of piperidine rings is 1. The van der Waals surface area contributed by atoms with Crippen LogP contribution in [0.25, 0.3) is 0 Å². The summed E-state index contributed by atoms with van der Waals surface area (Å²) in [6.45, 7) is 2.39. The number of carbonyl (C=O) groups excluding carboxylic acids is 1. The predicted molar refractivity (Wildman–Crippen MR) is 73.5 cm³/mol. The van der Waals surface area contributed by atoms with Gasteiger partial charge in [-0.05, 0) is 31.0 Å². The standard InChI is InChI=1S/C15H19NO4/c1-3-16-13(17)9-8-12(15(18)19)14(16)10-4-6-11(20-2)7-5-10/h4-7,12,14H,3,8-9H2,1-2H3,(H,18,19)/t12-,14+/m0/s1. The average Bonchev–Trinajstić information content (AvgIpc) is 2.46. The molecule has 5 nitrogen and oxygen atoms in total. The highest BCUT2D eigenvalue weighted by molar-refractivity contribution is 5.81. The minimum absolute atomic E-state index is 0.0193. The second-order valence-electron chi connectivity index (χ2n) is 4.88. The van der Waals surface area contributed by atoms with Crippen LogP contribution in [0.2, 0.25) is 0 Å². The van der Waals surface area contributed by atoms with Crippen molar-refractivity contribution in [1.29, 1.82) is 0 Å². The lowest BCUT2D eigenvalue weighted by molar-refractivity contribution is -0.151. The van der Waals surface area contributed by atoms with Crippen LogP contribution in [0.3, 0.4) is 0 Å². The first kappa shape index (κ1) is 14.4. The molecule has 0 spiro atoms. The molecule has 1 heterocycles. The summed E-state index contributed by atoms with van der Waals surface area (Å²) in [5.74, 6) is -0.672. The summed E-state index contributed by atoms with van der Waals surface area (Å²) in [4.78, 5) is 25.1. The van der Waals surface area contributed by atoms with Gasteiger partial charge >= 0.3 is 5.97 Å². The van der Waals surface area contributed by atoms with Crippen molar-refractivity contribution in [2.75, 3.05) is 13.7 Å². The van der Waals surface area contributed by atoms with Gasteiger partial charge < -0.3 is 14.7 Å². The van der Waals surface area contributed by atoms with Crippen LogP contribution in [0.5, 0.6) is 5.75 Å². The lowest BCUT2D eigenvalue weighted by Gasteiger charge is -2.39. The third kappa shape index (κ3) is 2.61. The first-order valence-corrected chi connectivity index (χ1v) is 6.74. The highest BCUT2D eigenvalue weighted by Gasteiger charge is 2.39. The minimum atomic E-state index is -0.850. The summed E-state index contributed by atoms with van der Waals surface area (Å²) < 4.78 is 5.11. The predicted octanol–water partition coefficient (Wildman–Crippen LogP) is 2.08. The third-order valence-electron chi connectivity index (χ3n) is 3.82. The maximum Gasteiger partial charge on any atom is 0.308 e. The number of methoxy groups -OCH3 is 1. The quantitative estimate of drug-likeness (QED) is 0.915. The summed E-state index contributed by atoms with van der Waals surface area (Å²) >= 11 is 0. The monoisotopic (exact) mass is 277 g/mol. The van der Waals surface area contributed by atoms with E-state index in [1.165, 1.54) is 0 Å². The Morgan fingerprint density at radius 3 is 2.55 bits per heavy atom. The van der Waals surface area contributed by atoms with Crippen LogP contribution < -0.4 is 4.74 Å². The SMILES string of the molecule is CCN1C(=O)CC[C@H](C(=O)O)[C@H]1c1ccc(OC)cc1. The molecular formula is C15H19NO4. The third-order valence-corrected chi connectivity index (χ3v) is 3.82. The lowest BCUT2D eigenvalue weighted by atomic mass is 9.84. The zero-order chi connectivity index (χ0) is 14.7. The molecule has 1 aromatic carbocycles. The Morgan fingerprint density at radius 2 is 2.05 bits per heavy atom. The molecule has 20 heavy (non-hydrogen) atoms. The molecule has 0 bridgehead atoms. The molecule has 1 aliphatic heterocycles. The van der Waals surface area contributed by atoms with Crippen LogP contribution in [-0.2, 0) is 9.59 Å². The molecule has 1 amide bonds. The van der Waals surface area contributed by atoms with E-state index in [2.05, 4.69) is 0 Å². The van der Waals surface area contributed by atoms with Gasteiger partial charge in [-0.15, -0.1) is 0 Å². The Bertz CT molecular complexity index is 495. The number of carboxylic acids is 1. The molecule has 108 valence electrons. The van der Waals surface area contributed by atoms with E-state index in [9.17, 15) is 14.7 Å². The minimum Gasteiger partial charge on any atom is -0.497 e. The zero-order valence-electron chi connectivity index (χ0n) is 11.7. The van der Waals surface area contributed by atoms with Crippen molar-refractivity contribution in [3.8, 4) is 5.75 Å². The van der Waals surface area contributed by atoms with Gasteiger partial charge in [-0.1, -0.05) is 12.1 Å². The largest absolute Gasteiger partial charge is 0.497 e. The topological polar surface area (TPSA) is 66.8 Å². The van der Waals surface area contributed by atoms with E-state index >= 15 is 0 Å². The Balaban J connectivity index is 2.38. The molecule has 0 saturated carbocycles. The fourth-order valence-corrected chi connectivity index (χ4v) is 2.80. The fourth-order valence-electron chi connectivity index (χ4n) is 2.80. The molecule has 0 aliphatic carbocycles. The Labute approximate surface area is 118 Å². The van der Waals surface area contributed by atoms with Crippen molar-refractivity contribution in [2.45, 2.75) is 25.8 Å².